The number of alkyl halides is 5. The van der Waals surface area contributed by atoms with Crippen LogP contribution in [0.25, 0.3) is 0 Å². The molecule has 2 amide bonds. The highest BCUT2D eigenvalue weighted by Crippen LogP contribution is 2.15. The maximum Gasteiger partial charge on any atom is 0.405 e. The first kappa shape index (κ1) is 16.0. The first-order valence-corrected chi connectivity index (χ1v) is 5.38. The van der Waals surface area contributed by atoms with Gasteiger partial charge in [0.2, 0.25) is 0 Å². The van der Waals surface area contributed by atoms with Gasteiger partial charge in [0.25, 0.3) is 0 Å². The molecule has 1 aromatic rings. The molecule has 20 heavy (non-hydrogen) atoms. The first-order chi connectivity index (χ1) is 9.26. The zero-order valence-corrected chi connectivity index (χ0v) is 10.0. The molecule has 4 nitrogen and oxygen atoms in total. The lowest BCUT2D eigenvalue weighted by atomic mass is 10.2. The van der Waals surface area contributed by atoms with Crippen LogP contribution in [-0.4, -0.2) is 25.4 Å². The number of ether oxygens (including phenoxy) is 1. The summed E-state index contributed by atoms with van der Waals surface area (Å²) in [7, 11) is 0. The molecule has 1 rings (SSSR count). The van der Waals surface area contributed by atoms with Gasteiger partial charge in [-0.1, -0.05) is 12.1 Å². The summed E-state index contributed by atoms with van der Waals surface area (Å²) in [6, 6.07) is 4.35. The largest absolute Gasteiger partial charge is 0.435 e. The Balaban J connectivity index is 2.36. The predicted octanol–water partition coefficient (Wildman–Crippen LogP) is 2.65. The number of amides is 2. The van der Waals surface area contributed by atoms with Crippen LogP contribution in [-0.2, 0) is 6.54 Å². The van der Waals surface area contributed by atoms with Crippen LogP contribution in [0.5, 0.6) is 5.75 Å². The van der Waals surface area contributed by atoms with Crippen LogP contribution in [0.3, 0.4) is 0 Å². The number of urea groups is 1. The smallest absolute Gasteiger partial charge is 0.405 e. The van der Waals surface area contributed by atoms with Crippen molar-refractivity contribution in [2.24, 2.45) is 0 Å². The lowest BCUT2D eigenvalue weighted by molar-refractivity contribution is -0.122. The summed E-state index contributed by atoms with van der Waals surface area (Å²) < 4.78 is 63.3. The van der Waals surface area contributed by atoms with E-state index in [1.807, 2.05) is 0 Å². The maximum atomic E-state index is 11.9. The van der Waals surface area contributed by atoms with Gasteiger partial charge in [-0.2, -0.15) is 22.0 Å². The number of nitrogens with one attached hydrogen (secondary N) is 2. The molecule has 0 radical (unpaired) electrons. The summed E-state index contributed by atoms with van der Waals surface area (Å²) in [5, 5.41) is 3.82. The molecule has 0 heterocycles. The van der Waals surface area contributed by atoms with Crippen molar-refractivity contribution in [2.45, 2.75) is 19.3 Å². The van der Waals surface area contributed by atoms with Gasteiger partial charge in [0.05, 0.1) is 0 Å². The highest BCUT2D eigenvalue weighted by atomic mass is 19.4. The quantitative estimate of drug-likeness (QED) is 0.821. The molecular formula is C11H11F5N2O2. The normalized spacial score (nSPS) is 11.3. The molecule has 0 atom stereocenters. The molecule has 0 unspecified atom stereocenters. The number of halogens is 5. The van der Waals surface area contributed by atoms with E-state index in [4.69, 9.17) is 0 Å². The summed E-state index contributed by atoms with van der Waals surface area (Å²) >= 11 is 0. The van der Waals surface area contributed by atoms with Crippen LogP contribution in [0, 0.1) is 0 Å². The molecular weight excluding hydrogens is 287 g/mol. The summed E-state index contributed by atoms with van der Waals surface area (Å²) in [5.41, 5.74) is 0.522. The van der Waals surface area contributed by atoms with Crippen molar-refractivity contribution >= 4 is 6.03 Å². The highest BCUT2D eigenvalue weighted by molar-refractivity contribution is 5.73. The molecule has 0 aliphatic heterocycles. The van der Waals surface area contributed by atoms with Crippen molar-refractivity contribution in [1.82, 2.24) is 10.6 Å². The molecule has 0 saturated heterocycles. The van der Waals surface area contributed by atoms with E-state index < -0.39 is 25.4 Å². The SMILES string of the molecule is O=C(NCc1ccc(OC(F)F)cc1)NCC(F)(F)F. The number of carbonyl (C=O) groups excluding carboxylic acids is 1. The zero-order chi connectivity index (χ0) is 15.2. The standard InChI is InChI=1S/C11H11F5N2O2/c12-9(13)20-8-3-1-7(2-4-8)5-17-10(19)18-6-11(14,15)16/h1-4,9H,5-6H2,(H2,17,18,19). The fraction of sp³-hybridized carbons (Fsp3) is 0.364. The number of hydrogen-bond donors (Lipinski definition) is 2. The molecule has 0 aromatic heterocycles. The van der Waals surface area contributed by atoms with Gasteiger partial charge in [0.1, 0.15) is 12.3 Å². The second-order valence-corrected chi connectivity index (χ2v) is 3.67. The second kappa shape index (κ2) is 6.92. The van der Waals surface area contributed by atoms with Gasteiger partial charge in [-0.05, 0) is 17.7 Å². The Hall–Kier alpha value is -2.06. The zero-order valence-electron chi connectivity index (χ0n) is 10.0. The van der Waals surface area contributed by atoms with Crippen molar-refractivity contribution in [2.75, 3.05) is 6.54 Å². The highest BCUT2D eigenvalue weighted by Gasteiger charge is 2.27. The predicted molar refractivity (Wildman–Crippen MR) is 59.4 cm³/mol. The molecule has 0 fully saturated rings. The average Bonchev–Trinajstić information content (AvgIpc) is 2.34. The van der Waals surface area contributed by atoms with Crippen LogP contribution in [0.2, 0.25) is 0 Å². The third-order valence-electron chi connectivity index (χ3n) is 2.05. The van der Waals surface area contributed by atoms with E-state index in [9.17, 15) is 26.7 Å². The van der Waals surface area contributed by atoms with Gasteiger partial charge in [0, 0.05) is 6.54 Å². The number of rotatable bonds is 5. The molecule has 2 N–H and O–H groups in total. The van der Waals surface area contributed by atoms with E-state index in [2.05, 4.69) is 10.1 Å². The van der Waals surface area contributed by atoms with Gasteiger partial charge in [0.15, 0.2) is 0 Å². The van der Waals surface area contributed by atoms with Crippen LogP contribution < -0.4 is 15.4 Å². The van der Waals surface area contributed by atoms with Crippen molar-refractivity contribution in [3.8, 4) is 5.75 Å². The van der Waals surface area contributed by atoms with Crippen LogP contribution in [0.15, 0.2) is 24.3 Å². The Kier molecular flexibility index (Phi) is 5.53. The van der Waals surface area contributed by atoms with Crippen molar-refractivity contribution in [3.05, 3.63) is 29.8 Å². The van der Waals surface area contributed by atoms with Gasteiger partial charge >= 0.3 is 18.8 Å². The van der Waals surface area contributed by atoms with Crippen LogP contribution >= 0.6 is 0 Å². The van der Waals surface area contributed by atoms with E-state index >= 15 is 0 Å². The topological polar surface area (TPSA) is 50.4 Å². The third kappa shape index (κ3) is 6.76. The molecule has 112 valence electrons. The summed E-state index contributed by atoms with van der Waals surface area (Å²) in [4.78, 5) is 11.0. The molecule has 0 saturated carbocycles. The number of carbonyl (C=O) groups is 1. The van der Waals surface area contributed by atoms with E-state index in [1.54, 1.807) is 5.32 Å². The molecule has 0 aliphatic rings. The van der Waals surface area contributed by atoms with Crippen molar-refractivity contribution in [1.29, 1.82) is 0 Å². The fourth-order valence-electron chi connectivity index (χ4n) is 1.21. The minimum Gasteiger partial charge on any atom is -0.435 e. The number of benzene rings is 1. The first-order valence-electron chi connectivity index (χ1n) is 5.38. The van der Waals surface area contributed by atoms with E-state index in [0.717, 1.165) is 0 Å². The maximum absolute atomic E-state index is 11.9. The summed E-state index contributed by atoms with van der Waals surface area (Å²) in [6.07, 6.45) is -4.48. The Morgan fingerprint density at radius 3 is 2.25 bits per heavy atom. The molecule has 1 aromatic carbocycles. The molecule has 0 spiro atoms. The molecule has 9 heteroatoms. The fourth-order valence-corrected chi connectivity index (χ4v) is 1.21. The van der Waals surface area contributed by atoms with Crippen LogP contribution in [0.4, 0.5) is 26.7 Å². The Labute approximate surface area is 110 Å². The minimum atomic E-state index is -4.48. The summed E-state index contributed by atoms with van der Waals surface area (Å²) in [6.45, 7) is -4.41. The lowest BCUT2D eigenvalue weighted by Gasteiger charge is -2.10. The average molecular weight is 298 g/mol. The van der Waals surface area contributed by atoms with E-state index in [0.29, 0.717) is 5.56 Å². The number of hydrogen-bond acceptors (Lipinski definition) is 2. The van der Waals surface area contributed by atoms with Gasteiger partial charge in [-0.25, -0.2) is 4.79 Å². The van der Waals surface area contributed by atoms with Gasteiger partial charge < -0.3 is 15.4 Å². The molecule has 0 bridgehead atoms. The third-order valence-corrected chi connectivity index (χ3v) is 2.05. The minimum absolute atomic E-state index is 0.0430. The summed E-state index contributed by atoms with van der Waals surface area (Å²) in [5.74, 6) is -0.0507. The van der Waals surface area contributed by atoms with Crippen molar-refractivity contribution in [3.63, 3.8) is 0 Å². The van der Waals surface area contributed by atoms with E-state index in [-0.39, 0.29) is 12.3 Å². The second-order valence-electron chi connectivity index (χ2n) is 3.67. The Bertz CT molecular complexity index is 433. The van der Waals surface area contributed by atoms with Gasteiger partial charge in [-0.15, -0.1) is 0 Å². The Morgan fingerprint density at radius 1 is 1.15 bits per heavy atom. The van der Waals surface area contributed by atoms with Crippen molar-refractivity contribution < 1.29 is 31.5 Å². The van der Waals surface area contributed by atoms with Crippen LogP contribution in [0.1, 0.15) is 5.56 Å². The van der Waals surface area contributed by atoms with Gasteiger partial charge in [-0.3, -0.25) is 0 Å². The Morgan fingerprint density at radius 2 is 1.75 bits per heavy atom. The molecule has 0 aliphatic carbocycles. The lowest BCUT2D eigenvalue weighted by Crippen LogP contribution is -2.40. The monoisotopic (exact) mass is 298 g/mol. The van der Waals surface area contributed by atoms with E-state index in [1.165, 1.54) is 24.3 Å².